The molecule has 3 aromatic rings. The summed E-state index contributed by atoms with van der Waals surface area (Å²) in [4.78, 5) is 57.6. The third kappa shape index (κ3) is 2.80. The van der Waals surface area contributed by atoms with Gasteiger partial charge in [0.1, 0.15) is 5.52 Å². The number of nitrogens with one attached hydrogen (secondary N) is 5. The fourth-order valence-electron chi connectivity index (χ4n) is 1.34. The molecule has 104 valence electrons. The largest absolute Gasteiger partial charge is 0.339 e. The Kier molecular flexibility index (Phi) is 3.46. The fourth-order valence-corrected chi connectivity index (χ4v) is 1.34. The molecular formula is C10H10N6O4. The van der Waals surface area contributed by atoms with Gasteiger partial charge in [-0.3, -0.25) is 24.5 Å². The van der Waals surface area contributed by atoms with Crippen molar-refractivity contribution < 1.29 is 0 Å². The van der Waals surface area contributed by atoms with Crippen LogP contribution in [0.25, 0.3) is 11.2 Å². The highest BCUT2D eigenvalue weighted by Crippen LogP contribution is 1.92. The van der Waals surface area contributed by atoms with Crippen molar-refractivity contribution in [2.24, 2.45) is 0 Å². The van der Waals surface area contributed by atoms with Gasteiger partial charge >= 0.3 is 11.4 Å². The summed E-state index contributed by atoms with van der Waals surface area (Å²) >= 11 is 0. The molecule has 0 bridgehead atoms. The van der Waals surface area contributed by atoms with Crippen LogP contribution in [-0.2, 0) is 0 Å². The molecular weight excluding hydrogens is 268 g/mol. The first-order chi connectivity index (χ1) is 9.47. The van der Waals surface area contributed by atoms with E-state index < -0.39 is 16.9 Å². The Morgan fingerprint density at radius 1 is 0.900 bits per heavy atom. The Morgan fingerprint density at radius 2 is 1.60 bits per heavy atom. The van der Waals surface area contributed by atoms with Gasteiger partial charge in [-0.05, 0) is 6.92 Å². The highest BCUT2D eigenvalue weighted by Gasteiger charge is 1.99. The molecule has 5 N–H and O–H groups in total. The average molecular weight is 278 g/mol. The van der Waals surface area contributed by atoms with Gasteiger partial charge in [-0.15, -0.1) is 0 Å². The lowest BCUT2D eigenvalue weighted by Gasteiger charge is -1.84. The Balaban J connectivity index is 0.000000151. The standard InChI is InChI=1S/C5H4N4O2.C5H6N2O2/c10-4-2-3(7-1-6-2)8-5(11)9-4;1-3-2-6-5(9)7-4(3)8/h1H,(H3,6,7,8,9,10,11);2H,1H3,(H2,6,7,8,9). The van der Waals surface area contributed by atoms with Crippen LogP contribution in [0.15, 0.2) is 31.7 Å². The molecule has 0 aliphatic carbocycles. The number of H-pyrrole nitrogens is 5. The maximum atomic E-state index is 10.9. The van der Waals surface area contributed by atoms with E-state index in [1.54, 1.807) is 6.92 Å². The van der Waals surface area contributed by atoms with E-state index in [2.05, 4.69) is 29.9 Å². The van der Waals surface area contributed by atoms with Gasteiger partial charge in [0.2, 0.25) is 0 Å². The van der Waals surface area contributed by atoms with Crippen molar-refractivity contribution in [3.63, 3.8) is 0 Å². The zero-order valence-corrected chi connectivity index (χ0v) is 10.2. The number of rotatable bonds is 0. The number of aromatic nitrogens is 6. The third-order valence-electron chi connectivity index (χ3n) is 2.33. The van der Waals surface area contributed by atoms with Gasteiger partial charge in [0, 0.05) is 11.8 Å². The van der Waals surface area contributed by atoms with Crippen LogP contribution in [0.1, 0.15) is 5.56 Å². The molecule has 20 heavy (non-hydrogen) atoms. The predicted octanol–water partition coefficient (Wildman–Crippen LogP) is -1.69. The summed E-state index contributed by atoms with van der Waals surface area (Å²) in [5.41, 5.74) is -0.738. The molecule has 3 aromatic heterocycles. The smallest absolute Gasteiger partial charge is 0.327 e. The van der Waals surface area contributed by atoms with E-state index in [0.717, 1.165) is 0 Å². The predicted molar refractivity (Wildman–Crippen MR) is 69.8 cm³/mol. The van der Waals surface area contributed by atoms with E-state index >= 15 is 0 Å². The SMILES string of the molecule is Cc1c[nH]c(=O)[nH]c1=O.O=c1[nH]c(=O)c2[nH]cnc2[nH]1. The van der Waals surface area contributed by atoms with Gasteiger partial charge in [-0.25, -0.2) is 14.6 Å². The van der Waals surface area contributed by atoms with E-state index in [4.69, 9.17) is 0 Å². The number of aryl methyl sites for hydroxylation is 1. The molecule has 0 aromatic carbocycles. The molecule has 0 amide bonds. The molecule has 0 aliphatic rings. The molecule has 10 nitrogen and oxygen atoms in total. The van der Waals surface area contributed by atoms with Crippen LogP contribution in [0.2, 0.25) is 0 Å². The summed E-state index contributed by atoms with van der Waals surface area (Å²) in [5.74, 6) is 0. The summed E-state index contributed by atoms with van der Waals surface area (Å²) in [6.45, 7) is 1.62. The number of nitrogens with zero attached hydrogens (tertiary/aromatic N) is 1. The minimum atomic E-state index is -0.547. The molecule has 3 heterocycles. The van der Waals surface area contributed by atoms with Gasteiger partial charge in [0.15, 0.2) is 5.65 Å². The highest BCUT2D eigenvalue weighted by molar-refractivity contribution is 5.67. The first-order valence-corrected chi connectivity index (χ1v) is 5.41. The quantitative estimate of drug-likeness (QED) is 0.331. The molecule has 0 aliphatic heterocycles. The van der Waals surface area contributed by atoms with Crippen LogP contribution in [0.5, 0.6) is 0 Å². The number of fused-ring (bicyclic) bond motifs is 1. The van der Waals surface area contributed by atoms with Crippen molar-refractivity contribution in [2.75, 3.05) is 0 Å². The lowest BCUT2D eigenvalue weighted by atomic mass is 10.4. The zero-order valence-electron chi connectivity index (χ0n) is 10.2. The summed E-state index contributed by atoms with van der Waals surface area (Å²) in [6.07, 6.45) is 2.72. The number of imidazole rings is 1. The van der Waals surface area contributed by atoms with E-state index in [1.807, 2.05) is 0 Å². The summed E-state index contributed by atoms with van der Waals surface area (Å²) in [7, 11) is 0. The van der Waals surface area contributed by atoms with Crippen LogP contribution in [0.4, 0.5) is 0 Å². The van der Waals surface area contributed by atoms with Gasteiger partial charge in [-0.2, -0.15) is 0 Å². The topological polar surface area (TPSA) is 160 Å². The van der Waals surface area contributed by atoms with Crippen molar-refractivity contribution in [2.45, 2.75) is 6.92 Å². The van der Waals surface area contributed by atoms with Crippen LogP contribution in [0.3, 0.4) is 0 Å². The number of hydrogen-bond acceptors (Lipinski definition) is 5. The highest BCUT2D eigenvalue weighted by atomic mass is 16.2. The van der Waals surface area contributed by atoms with Gasteiger partial charge in [-0.1, -0.05) is 0 Å². The fraction of sp³-hybridized carbons (Fsp3) is 0.100. The molecule has 0 radical (unpaired) electrons. The van der Waals surface area contributed by atoms with Crippen LogP contribution < -0.4 is 22.5 Å². The maximum absolute atomic E-state index is 10.9. The van der Waals surface area contributed by atoms with E-state index in [9.17, 15) is 19.2 Å². The van der Waals surface area contributed by atoms with Gasteiger partial charge in [0.05, 0.1) is 6.33 Å². The molecule has 0 unspecified atom stereocenters. The summed E-state index contributed by atoms with van der Waals surface area (Å²) < 4.78 is 0. The van der Waals surface area contributed by atoms with E-state index in [-0.39, 0.29) is 16.7 Å². The molecule has 0 saturated heterocycles. The summed E-state index contributed by atoms with van der Waals surface area (Å²) in [5, 5.41) is 0. The second kappa shape index (κ2) is 5.22. The molecule has 0 fully saturated rings. The molecule has 0 saturated carbocycles. The van der Waals surface area contributed by atoms with Crippen molar-refractivity contribution in [1.29, 1.82) is 0 Å². The molecule has 3 rings (SSSR count). The first-order valence-electron chi connectivity index (χ1n) is 5.41. The van der Waals surface area contributed by atoms with Crippen molar-refractivity contribution in [1.82, 2.24) is 29.9 Å². The minimum Gasteiger partial charge on any atom is -0.339 e. The second-order valence-electron chi connectivity index (χ2n) is 3.79. The molecule has 10 heteroatoms. The normalized spacial score (nSPS) is 10.1. The molecule has 0 spiro atoms. The number of hydrogen-bond donors (Lipinski definition) is 5. The van der Waals surface area contributed by atoms with Gasteiger partial charge in [0.25, 0.3) is 11.1 Å². The van der Waals surface area contributed by atoms with Crippen molar-refractivity contribution in [3.8, 4) is 0 Å². The third-order valence-corrected chi connectivity index (χ3v) is 2.33. The second-order valence-corrected chi connectivity index (χ2v) is 3.79. The lowest BCUT2D eigenvalue weighted by molar-refractivity contribution is 1.01. The van der Waals surface area contributed by atoms with Crippen LogP contribution >= 0.6 is 0 Å². The zero-order chi connectivity index (χ0) is 14.7. The lowest BCUT2D eigenvalue weighted by Crippen LogP contribution is -2.22. The van der Waals surface area contributed by atoms with Gasteiger partial charge < -0.3 is 9.97 Å². The van der Waals surface area contributed by atoms with E-state index in [1.165, 1.54) is 12.5 Å². The van der Waals surface area contributed by atoms with Crippen LogP contribution in [-0.4, -0.2) is 29.9 Å². The van der Waals surface area contributed by atoms with Crippen molar-refractivity contribution in [3.05, 3.63) is 59.8 Å². The molecule has 0 atom stereocenters. The van der Waals surface area contributed by atoms with Crippen LogP contribution in [0, 0.1) is 6.92 Å². The monoisotopic (exact) mass is 278 g/mol. The Bertz CT molecular complexity index is 956. The van der Waals surface area contributed by atoms with E-state index in [0.29, 0.717) is 5.56 Å². The Hall–Kier alpha value is -3.17. The maximum Gasteiger partial charge on any atom is 0.327 e. The Morgan fingerprint density at radius 3 is 2.25 bits per heavy atom. The summed E-state index contributed by atoms with van der Waals surface area (Å²) in [6, 6.07) is 0. The minimum absolute atomic E-state index is 0.277. The Labute approximate surface area is 108 Å². The number of aromatic amines is 5. The first kappa shape index (κ1) is 13.3. The van der Waals surface area contributed by atoms with Crippen molar-refractivity contribution >= 4 is 11.2 Å². The average Bonchev–Trinajstić information content (AvgIpc) is 2.83.